The summed E-state index contributed by atoms with van der Waals surface area (Å²) in [7, 11) is 0. The second kappa shape index (κ2) is 4.85. The van der Waals surface area contributed by atoms with Crippen LogP contribution in [0.2, 0.25) is 5.15 Å². The van der Waals surface area contributed by atoms with Gasteiger partial charge in [0.05, 0.1) is 16.8 Å². The van der Waals surface area contributed by atoms with E-state index in [2.05, 4.69) is 20.9 Å². The average molecular weight is 300 g/mol. The van der Waals surface area contributed by atoms with Crippen LogP contribution in [-0.4, -0.2) is 16.1 Å². The summed E-state index contributed by atoms with van der Waals surface area (Å²) >= 11 is 8.48. The Morgan fingerprint density at radius 2 is 2.27 bits per heavy atom. The van der Waals surface area contributed by atoms with Crippen molar-refractivity contribution in [3.8, 4) is 0 Å². The highest BCUT2D eigenvalue weighted by molar-refractivity contribution is 9.08. The molecule has 1 aromatic heterocycles. The number of carboxylic acids is 1. The first-order valence-electron chi connectivity index (χ1n) is 3.74. The first kappa shape index (κ1) is 12.3. The summed E-state index contributed by atoms with van der Waals surface area (Å²) < 4.78 is 24.8. The molecular formula is C8H5BrClF2NO2. The lowest BCUT2D eigenvalue weighted by Crippen LogP contribution is -2.06. The number of aromatic nitrogens is 1. The van der Waals surface area contributed by atoms with Gasteiger partial charge < -0.3 is 5.11 Å². The van der Waals surface area contributed by atoms with E-state index < -0.39 is 18.0 Å². The van der Waals surface area contributed by atoms with Crippen molar-refractivity contribution in [2.24, 2.45) is 0 Å². The van der Waals surface area contributed by atoms with Crippen molar-refractivity contribution in [1.82, 2.24) is 4.98 Å². The number of halogens is 4. The molecule has 0 saturated heterocycles. The van der Waals surface area contributed by atoms with Crippen LogP contribution in [-0.2, 0) is 5.33 Å². The van der Waals surface area contributed by atoms with E-state index in [1.165, 1.54) is 0 Å². The van der Waals surface area contributed by atoms with Crippen molar-refractivity contribution in [1.29, 1.82) is 0 Å². The van der Waals surface area contributed by atoms with Crippen molar-refractivity contribution < 1.29 is 18.7 Å². The Bertz CT molecular complexity index is 400. The zero-order valence-electron chi connectivity index (χ0n) is 7.18. The minimum Gasteiger partial charge on any atom is -0.478 e. The lowest BCUT2D eigenvalue weighted by molar-refractivity contribution is 0.0695. The molecule has 0 spiro atoms. The van der Waals surface area contributed by atoms with Crippen LogP contribution in [0.4, 0.5) is 8.78 Å². The molecule has 0 bridgehead atoms. The molecule has 0 aliphatic rings. The van der Waals surface area contributed by atoms with E-state index in [4.69, 9.17) is 16.7 Å². The number of nitrogens with zero attached hydrogens (tertiary/aromatic N) is 1. The summed E-state index contributed by atoms with van der Waals surface area (Å²) in [4.78, 5) is 14.3. The highest BCUT2D eigenvalue weighted by Gasteiger charge is 2.19. The Hall–Kier alpha value is -0.750. The van der Waals surface area contributed by atoms with Crippen LogP contribution in [0.5, 0.6) is 0 Å². The van der Waals surface area contributed by atoms with E-state index >= 15 is 0 Å². The van der Waals surface area contributed by atoms with Crippen molar-refractivity contribution >= 4 is 33.5 Å². The molecule has 1 heterocycles. The molecule has 82 valence electrons. The van der Waals surface area contributed by atoms with E-state index in [0.717, 1.165) is 6.07 Å². The van der Waals surface area contributed by atoms with Crippen LogP contribution in [0.1, 0.15) is 28.0 Å². The van der Waals surface area contributed by atoms with E-state index in [1.807, 2.05) is 0 Å². The van der Waals surface area contributed by atoms with Crippen LogP contribution in [0.15, 0.2) is 6.07 Å². The molecule has 0 aliphatic heterocycles. The molecule has 3 nitrogen and oxygen atoms in total. The summed E-state index contributed by atoms with van der Waals surface area (Å²) in [5, 5.41) is 8.51. The molecule has 1 rings (SSSR count). The number of hydrogen-bond donors (Lipinski definition) is 1. The summed E-state index contributed by atoms with van der Waals surface area (Å²) in [6, 6.07) is 0.846. The summed E-state index contributed by atoms with van der Waals surface area (Å²) in [6.45, 7) is 0. The monoisotopic (exact) mass is 299 g/mol. The van der Waals surface area contributed by atoms with E-state index in [0.29, 0.717) is 0 Å². The molecule has 0 saturated carbocycles. The number of pyridine rings is 1. The second-order valence-electron chi connectivity index (χ2n) is 2.60. The summed E-state index contributed by atoms with van der Waals surface area (Å²) in [6.07, 6.45) is -2.84. The number of carbonyl (C=O) groups is 1. The topological polar surface area (TPSA) is 50.2 Å². The maximum absolute atomic E-state index is 12.4. The quantitative estimate of drug-likeness (QED) is 0.688. The molecule has 0 radical (unpaired) electrons. The van der Waals surface area contributed by atoms with Crippen LogP contribution < -0.4 is 0 Å². The summed E-state index contributed by atoms with van der Waals surface area (Å²) in [5.74, 6) is -1.31. The van der Waals surface area contributed by atoms with Gasteiger partial charge in [0, 0.05) is 5.33 Å². The minimum atomic E-state index is -2.84. The van der Waals surface area contributed by atoms with Crippen LogP contribution >= 0.6 is 27.5 Å². The maximum atomic E-state index is 12.4. The molecular weight excluding hydrogens is 295 g/mol. The predicted octanol–water partition coefficient (Wildman–Crippen LogP) is 3.27. The van der Waals surface area contributed by atoms with Crippen LogP contribution in [0, 0.1) is 0 Å². The van der Waals surface area contributed by atoms with E-state index in [-0.39, 0.29) is 21.7 Å². The fourth-order valence-electron chi connectivity index (χ4n) is 0.982. The maximum Gasteiger partial charge on any atom is 0.337 e. The zero-order valence-corrected chi connectivity index (χ0v) is 9.52. The van der Waals surface area contributed by atoms with Crippen LogP contribution in [0.25, 0.3) is 0 Å². The molecule has 15 heavy (non-hydrogen) atoms. The highest BCUT2D eigenvalue weighted by Crippen LogP contribution is 2.28. The highest BCUT2D eigenvalue weighted by atomic mass is 79.9. The van der Waals surface area contributed by atoms with Crippen molar-refractivity contribution in [3.05, 3.63) is 28.0 Å². The number of carboxylic acid groups (broad SMARTS) is 1. The lowest BCUT2D eigenvalue weighted by Gasteiger charge is -2.07. The van der Waals surface area contributed by atoms with E-state index in [1.54, 1.807) is 0 Å². The molecule has 0 amide bonds. The van der Waals surface area contributed by atoms with Gasteiger partial charge in [-0.1, -0.05) is 27.5 Å². The summed E-state index contributed by atoms with van der Waals surface area (Å²) in [5.41, 5.74) is -0.720. The number of hydrogen-bond acceptors (Lipinski definition) is 2. The lowest BCUT2D eigenvalue weighted by atomic mass is 10.1. The first-order chi connectivity index (χ1) is 6.97. The first-order valence-corrected chi connectivity index (χ1v) is 5.24. The Labute approximate surface area is 97.2 Å². The Morgan fingerprint density at radius 3 is 2.67 bits per heavy atom. The van der Waals surface area contributed by atoms with Gasteiger partial charge in [-0.15, -0.1) is 0 Å². The fraction of sp³-hybridized carbons (Fsp3) is 0.250. The molecule has 1 aromatic rings. The molecule has 0 unspecified atom stereocenters. The molecule has 1 N–H and O–H groups in total. The number of aromatic carboxylic acids is 1. The normalized spacial score (nSPS) is 10.7. The molecule has 0 atom stereocenters. The molecule has 0 fully saturated rings. The van der Waals surface area contributed by atoms with Gasteiger partial charge in [-0.2, -0.15) is 0 Å². The van der Waals surface area contributed by atoms with E-state index in [9.17, 15) is 13.6 Å². The third-order valence-corrected chi connectivity index (χ3v) is 2.51. The van der Waals surface area contributed by atoms with Gasteiger partial charge in [0.1, 0.15) is 5.15 Å². The SMILES string of the molecule is O=C(O)c1cc(C(F)F)c(Cl)nc1CBr. The molecule has 0 aromatic carbocycles. The van der Waals surface area contributed by atoms with Crippen molar-refractivity contribution in [3.63, 3.8) is 0 Å². The fourth-order valence-corrected chi connectivity index (χ4v) is 1.65. The van der Waals surface area contributed by atoms with Gasteiger partial charge >= 0.3 is 5.97 Å². The Morgan fingerprint density at radius 1 is 1.67 bits per heavy atom. The second-order valence-corrected chi connectivity index (χ2v) is 3.52. The van der Waals surface area contributed by atoms with Gasteiger partial charge in [0.15, 0.2) is 0 Å². The zero-order chi connectivity index (χ0) is 11.6. The van der Waals surface area contributed by atoms with Crippen molar-refractivity contribution in [2.75, 3.05) is 0 Å². The van der Waals surface area contributed by atoms with Gasteiger partial charge in [-0.05, 0) is 6.07 Å². The number of alkyl halides is 3. The van der Waals surface area contributed by atoms with Gasteiger partial charge in [0.2, 0.25) is 0 Å². The minimum absolute atomic E-state index is 0.122. The van der Waals surface area contributed by atoms with Crippen LogP contribution in [0.3, 0.4) is 0 Å². The molecule has 0 aliphatic carbocycles. The Kier molecular flexibility index (Phi) is 3.98. The van der Waals surface area contributed by atoms with Gasteiger partial charge in [-0.25, -0.2) is 18.6 Å². The molecule has 7 heteroatoms. The number of rotatable bonds is 3. The standard InChI is InChI=1S/C8H5BrClF2NO2/c9-2-5-3(8(14)15)1-4(7(11)12)6(10)13-5/h1,7H,2H2,(H,14,15). The third kappa shape index (κ3) is 2.63. The van der Waals surface area contributed by atoms with Gasteiger partial charge in [0.25, 0.3) is 6.43 Å². The smallest absolute Gasteiger partial charge is 0.337 e. The average Bonchev–Trinajstić information content (AvgIpc) is 2.16. The predicted molar refractivity (Wildman–Crippen MR) is 53.8 cm³/mol. The largest absolute Gasteiger partial charge is 0.478 e. The third-order valence-electron chi connectivity index (χ3n) is 1.67. The van der Waals surface area contributed by atoms with Gasteiger partial charge in [-0.3, -0.25) is 0 Å². The Balaban J connectivity index is 3.37. The van der Waals surface area contributed by atoms with Crippen molar-refractivity contribution in [2.45, 2.75) is 11.8 Å².